The van der Waals surface area contributed by atoms with E-state index in [1.807, 2.05) is 0 Å². The molecule has 1 aromatic carbocycles. The van der Waals surface area contributed by atoms with Crippen molar-refractivity contribution >= 4 is 11.8 Å². The topological polar surface area (TPSA) is 49.4 Å². The number of carbonyl (C=O) groups excluding carboxylic acids is 2. The molecule has 18 heavy (non-hydrogen) atoms. The molecule has 96 valence electrons. The van der Waals surface area contributed by atoms with Crippen molar-refractivity contribution in [3.63, 3.8) is 0 Å². The van der Waals surface area contributed by atoms with Gasteiger partial charge in [-0.1, -0.05) is 12.1 Å². The Morgan fingerprint density at radius 2 is 1.83 bits per heavy atom. The summed E-state index contributed by atoms with van der Waals surface area (Å²) in [6, 6.07) is 4.92. The van der Waals surface area contributed by atoms with Crippen molar-refractivity contribution in [2.75, 3.05) is 0 Å². The van der Waals surface area contributed by atoms with Crippen LogP contribution in [0.25, 0.3) is 0 Å². The average Bonchev–Trinajstić information content (AvgIpc) is 2.34. The summed E-state index contributed by atoms with van der Waals surface area (Å²) in [5.74, 6) is -0.599. The highest BCUT2D eigenvalue weighted by atomic mass is 19.1. The summed E-state index contributed by atoms with van der Waals surface area (Å²) in [4.78, 5) is 25.1. The number of nitrogens with zero attached hydrogens (tertiary/aromatic N) is 1. The minimum Gasteiger partial charge on any atom is -0.343 e. The number of benzene rings is 1. The number of hydrogen-bond acceptors (Lipinski definition) is 2. The Kier molecular flexibility index (Phi) is 3.32. The van der Waals surface area contributed by atoms with Gasteiger partial charge in [0.05, 0.1) is 0 Å². The number of halogens is 1. The smallest absolute Gasteiger partial charge is 0.245 e. The van der Waals surface area contributed by atoms with Crippen LogP contribution in [0, 0.1) is 5.82 Å². The summed E-state index contributed by atoms with van der Waals surface area (Å²) in [6.45, 7) is 3.66. The predicted molar refractivity (Wildman–Crippen MR) is 64.0 cm³/mol. The molecule has 2 atom stereocenters. The Balaban J connectivity index is 2.17. The molecule has 2 rings (SSSR count). The third-order valence-corrected chi connectivity index (χ3v) is 3.13. The van der Waals surface area contributed by atoms with Crippen molar-refractivity contribution in [3.05, 3.63) is 35.6 Å². The van der Waals surface area contributed by atoms with Crippen LogP contribution < -0.4 is 5.32 Å². The maximum absolute atomic E-state index is 12.8. The maximum atomic E-state index is 12.8. The van der Waals surface area contributed by atoms with Gasteiger partial charge in [0.15, 0.2) is 0 Å². The van der Waals surface area contributed by atoms with Crippen LogP contribution in [0.5, 0.6) is 0 Å². The second-order valence-corrected chi connectivity index (χ2v) is 4.50. The van der Waals surface area contributed by atoms with E-state index in [1.54, 1.807) is 26.0 Å². The van der Waals surface area contributed by atoms with E-state index < -0.39 is 12.1 Å². The quantitative estimate of drug-likeness (QED) is 0.853. The van der Waals surface area contributed by atoms with Crippen molar-refractivity contribution < 1.29 is 14.0 Å². The molecule has 1 aromatic rings. The molecule has 1 N–H and O–H groups in total. The molecular formula is C13H15FN2O2. The van der Waals surface area contributed by atoms with Crippen LogP contribution in [0.2, 0.25) is 0 Å². The lowest BCUT2D eigenvalue weighted by Crippen LogP contribution is -2.60. The van der Waals surface area contributed by atoms with Crippen LogP contribution in [0.3, 0.4) is 0 Å². The number of piperazine rings is 1. The van der Waals surface area contributed by atoms with Gasteiger partial charge in [-0.15, -0.1) is 0 Å². The molecular weight excluding hydrogens is 235 g/mol. The standard InChI is InChI=1S/C13H15FN2O2/c1-8-13(18)16(9(2)12(17)15-8)7-10-3-5-11(14)6-4-10/h3-6,8-9H,7H2,1-2H3,(H,15,17)/t8-,9-/m1/s1. The first-order valence-electron chi connectivity index (χ1n) is 5.84. The van der Waals surface area contributed by atoms with E-state index in [2.05, 4.69) is 5.32 Å². The minimum atomic E-state index is -0.505. The minimum absolute atomic E-state index is 0.119. The zero-order chi connectivity index (χ0) is 13.3. The van der Waals surface area contributed by atoms with Gasteiger partial charge in [0, 0.05) is 6.54 Å². The molecule has 1 aliphatic rings. The molecule has 0 radical (unpaired) electrons. The third-order valence-electron chi connectivity index (χ3n) is 3.13. The molecule has 1 saturated heterocycles. The Morgan fingerprint density at radius 1 is 1.22 bits per heavy atom. The fourth-order valence-corrected chi connectivity index (χ4v) is 1.98. The molecule has 0 aliphatic carbocycles. The molecule has 1 heterocycles. The van der Waals surface area contributed by atoms with Gasteiger partial charge in [-0.2, -0.15) is 0 Å². The molecule has 0 bridgehead atoms. The van der Waals surface area contributed by atoms with Crippen molar-refractivity contribution in [1.29, 1.82) is 0 Å². The molecule has 2 amide bonds. The lowest BCUT2D eigenvalue weighted by molar-refractivity contribution is -0.148. The molecule has 0 aromatic heterocycles. The van der Waals surface area contributed by atoms with Crippen molar-refractivity contribution in [2.24, 2.45) is 0 Å². The van der Waals surface area contributed by atoms with Crippen LogP contribution in [0.4, 0.5) is 4.39 Å². The number of amides is 2. The van der Waals surface area contributed by atoms with Gasteiger partial charge in [0.2, 0.25) is 11.8 Å². The van der Waals surface area contributed by atoms with Gasteiger partial charge in [-0.05, 0) is 31.5 Å². The van der Waals surface area contributed by atoms with Crippen LogP contribution in [-0.4, -0.2) is 28.8 Å². The lowest BCUT2D eigenvalue weighted by atomic mass is 10.1. The summed E-state index contributed by atoms with van der Waals surface area (Å²) in [5, 5.41) is 2.61. The first kappa shape index (κ1) is 12.5. The van der Waals surface area contributed by atoms with Crippen molar-refractivity contribution in [1.82, 2.24) is 10.2 Å². The van der Waals surface area contributed by atoms with Crippen LogP contribution >= 0.6 is 0 Å². The summed E-state index contributed by atoms with van der Waals surface area (Å²) >= 11 is 0. The highest BCUT2D eigenvalue weighted by Gasteiger charge is 2.35. The Hall–Kier alpha value is -1.91. The van der Waals surface area contributed by atoms with Gasteiger partial charge in [0.25, 0.3) is 0 Å². The third kappa shape index (κ3) is 2.34. The molecule has 4 nitrogen and oxygen atoms in total. The zero-order valence-electron chi connectivity index (χ0n) is 10.3. The van der Waals surface area contributed by atoms with E-state index in [1.165, 1.54) is 17.0 Å². The predicted octanol–water partition coefficient (Wildman–Crippen LogP) is 1.06. The number of carbonyl (C=O) groups is 2. The number of hydrogen-bond donors (Lipinski definition) is 1. The van der Waals surface area contributed by atoms with E-state index in [4.69, 9.17) is 0 Å². The first-order valence-corrected chi connectivity index (χ1v) is 5.84. The SMILES string of the molecule is C[C@@H]1C(=O)N[C@H](C)C(=O)N1Cc1ccc(F)cc1. The van der Waals surface area contributed by atoms with Crippen LogP contribution in [-0.2, 0) is 16.1 Å². The van der Waals surface area contributed by atoms with E-state index in [0.29, 0.717) is 6.54 Å². The summed E-state index contributed by atoms with van der Waals surface area (Å²) in [5.41, 5.74) is 0.804. The maximum Gasteiger partial charge on any atom is 0.245 e. The summed E-state index contributed by atoms with van der Waals surface area (Å²) in [6.07, 6.45) is 0. The second kappa shape index (κ2) is 4.76. The Labute approximate surface area is 105 Å². The monoisotopic (exact) mass is 250 g/mol. The number of rotatable bonds is 2. The zero-order valence-corrected chi connectivity index (χ0v) is 10.3. The van der Waals surface area contributed by atoms with Crippen LogP contribution in [0.1, 0.15) is 19.4 Å². The van der Waals surface area contributed by atoms with Gasteiger partial charge in [-0.25, -0.2) is 4.39 Å². The fraction of sp³-hybridized carbons (Fsp3) is 0.385. The van der Waals surface area contributed by atoms with Gasteiger partial charge in [0.1, 0.15) is 17.9 Å². The summed E-state index contributed by atoms with van der Waals surface area (Å²) in [7, 11) is 0. The van der Waals surface area contributed by atoms with E-state index in [9.17, 15) is 14.0 Å². The van der Waals surface area contributed by atoms with Gasteiger partial charge < -0.3 is 10.2 Å². The normalized spacial score (nSPS) is 24.1. The second-order valence-electron chi connectivity index (χ2n) is 4.50. The number of nitrogens with one attached hydrogen (secondary N) is 1. The van der Waals surface area contributed by atoms with E-state index in [-0.39, 0.29) is 17.6 Å². The lowest BCUT2D eigenvalue weighted by Gasteiger charge is -2.36. The highest BCUT2D eigenvalue weighted by molar-refractivity contribution is 5.96. The average molecular weight is 250 g/mol. The fourth-order valence-electron chi connectivity index (χ4n) is 1.98. The van der Waals surface area contributed by atoms with E-state index in [0.717, 1.165) is 5.56 Å². The molecule has 5 heteroatoms. The molecule has 0 saturated carbocycles. The van der Waals surface area contributed by atoms with Gasteiger partial charge in [-0.3, -0.25) is 9.59 Å². The van der Waals surface area contributed by atoms with Gasteiger partial charge >= 0.3 is 0 Å². The molecule has 1 aliphatic heterocycles. The van der Waals surface area contributed by atoms with Crippen LogP contribution in [0.15, 0.2) is 24.3 Å². The molecule has 0 unspecified atom stereocenters. The molecule has 0 spiro atoms. The largest absolute Gasteiger partial charge is 0.343 e. The van der Waals surface area contributed by atoms with E-state index >= 15 is 0 Å². The Bertz CT molecular complexity index is 472. The first-order chi connectivity index (χ1) is 8.49. The molecule has 1 fully saturated rings. The van der Waals surface area contributed by atoms with Crippen molar-refractivity contribution in [2.45, 2.75) is 32.5 Å². The van der Waals surface area contributed by atoms with Crippen molar-refractivity contribution in [3.8, 4) is 0 Å². The highest BCUT2D eigenvalue weighted by Crippen LogP contribution is 2.14. The Morgan fingerprint density at radius 3 is 2.44 bits per heavy atom. The summed E-state index contributed by atoms with van der Waals surface area (Å²) < 4.78 is 12.8.